The van der Waals surface area contributed by atoms with E-state index in [1.807, 2.05) is 0 Å². The maximum atomic E-state index is 0. The Morgan fingerprint density at radius 2 is 1.00 bits per heavy atom. The van der Waals surface area contributed by atoms with E-state index in [0.29, 0.717) is 0 Å². The number of hydrogen-bond acceptors (Lipinski definition) is 0. The summed E-state index contributed by atoms with van der Waals surface area (Å²) in [5.74, 6) is 0. The zero-order valence-electron chi connectivity index (χ0n) is 3.49. The summed E-state index contributed by atoms with van der Waals surface area (Å²) in [4.78, 5) is 0. The second kappa shape index (κ2) is 29.7. The van der Waals surface area contributed by atoms with Gasteiger partial charge in [-0.1, -0.05) is 0 Å². The van der Waals surface area contributed by atoms with Crippen LogP contribution in [0.1, 0.15) is 0 Å². The molecule has 0 aromatic carbocycles. The molecule has 0 saturated carbocycles. The fourth-order valence-electron chi connectivity index (χ4n) is 0. The SMILES string of the molecule is [Ba].[La].[Pb].[Sn].[Sr].[Zr]. The summed E-state index contributed by atoms with van der Waals surface area (Å²) in [5, 5.41) is 0. The van der Waals surface area contributed by atoms with Crippen LogP contribution in [-0.2, 0) is 26.2 Å². The molecule has 0 fully saturated rings. The standard InChI is InChI=1S/Ba.La.Pb.Sn.Sr.Zr. The summed E-state index contributed by atoms with van der Waals surface area (Å²) >= 11 is 0. The van der Waals surface area contributed by atoms with E-state index in [2.05, 4.69) is 0 Å². The zero-order chi connectivity index (χ0) is 0. The van der Waals surface area contributed by atoms with E-state index in [-0.39, 0.29) is 207 Å². The molecule has 13 radical (unpaired) electrons. The maximum Gasteiger partial charge on any atom is 0 e. The molecule has 0 spiro atoms. The van der Waals surface area contributed by atoms with E-state index in [1.54, 1.807) is 0 Å². The maximum absolute atomic E-state index is 0. The van der Waals surface area contributed by atoms with Crippen molar-refractivity contribution in [2.24, 2.45) is 0 Å². The van der Waals surface area contributed by atoms with Crippen LogP contribution in [0.2, 0.25) is 0 Å². The molecule has 0 aliphatic carbocycles. The van der Waals surface area contributed by atoms with Crippen molar-refractivity contribution < 1.29 is 61.8 Å². The summed E-state index contributed by atoms with van der Waals surface area (Å²) in [6.07, 6.45) is 0. The predicted octanol–water partition coefficient (Wildman–Crippen LogP) is -1.53. The Bertz CT molecular complexity index is 15.5. The fourth-order valence-corrected chi connectivity index (χ4v) is 0. The van der Waals surface area contributed by atoms with Gasteiger partial charge >= 0.3 is 0 Å². The molecule has 0 aromatic rings. The molecule has 0 bridgehead atoms. The Morgan fingerprint density at radius 1 is 1.00 bits per heavy atom. The third-order valence-corrected chi connectivity index (χ3v) is 0. The Balaban J connectivity index is 0. The van der Waals surface area contributed by atoms with E-state index < -0.39 is 0 Å². The van der Waals surface area contributed by atoms with Crippen molar-refractivity contribution >= 4 is 146 Å². The third kappa shape index (κ3) is 22.4. The van der Waals surface area contributed by atoms with Crippen LogP contribution in [-0.4, -0.2) is 146 Å². The Hall–Kier alpha value is 6.85. The predicted molar refractivity (Wildman–Crippen MR) is 23.0 cm³/mol. The van der Waals surface area contributed by atoms with E-state index in [4.69, 9.17) is 0 Å². The molecule has 0 rings (SSSR count). The first-order chi connectivity index (χ1) is 0. The summed E-state index contributed by atoms with van der Waals surface area (Å²) in [7, 11) is 0. The molecule has 6 heavy (non-hydrogen) atoms. The van der Waals surface area contributed by atoms with Gasteiger partial charge in [-0.3, -0.25) is 0 Å². The smallest absolute Gasteiger partial charge is 0 e. The van der Waals surface area contributed by atoms with Crippen LogP contribution < -0.4 is 0 Å². The summed E-state index contributed by atoms with van der Waals surface area (Å²) in [6.45, 7) is 0. The molecule has 0 nitrogen and oxygen atoms in total. The largest absolute Gasteiger partial charge is 0 e. The molecular formula is BaLaPbSnSrZr. The van der Waals surface area contributed by atoms with Gasteiger partial charge in [0.2, 0.25) is 0 Å². The Kier molecular flexibility index (Phi) is 191. The van der Waals surface area contributed by atoms with Crippen LogP contribution in [0.5, 0.6) is 0 Å². The quantitative estimate of drug-likeness (QED) is 0.263. The van der Waals surface area contributed by atoms with E-state index in [9.17, 15) is 0 Å². The van der Waals surface area contributed by atoms with Crippen molar-refractivity contribution in [2.75, 3.05) is 0 Å². The summed E-state index contributed by atoms with van der Waals surface area (Å²) in [6, 6.07) is 0. The molecular weight excluding hydrogens is 781 g/mol. The molecule has 6 heteroatoms. The zero-order valence-corrected chi connectivity index (χ0v) is 24.2. The van der Waals surface area contributed by atoms with Crippen molar-refractivity contribution in [3.05, 3.63) is 0 Å². The topological polar surface area (TPSA) is 0 Å². The number of hydrogen-bond donors (Lipinski definition) is 0. The van der Waals surface area contributed by atoms with Gasteiger partial charge in [-0.05, 0) is 0 Å². The van der Waals surface area contributed by atoms with E-state index >= 15 is 0 Å². The van der Waals surface area contributed by atoms with Gasteiger partial charge in [-0.2, -0.15) is 0 Å². The van der Waals surface area contributed by atoms with Crippen LogP contribution >= 0.6 is 0 Å². The average Bonchev–Trinajstić information content (AvgIpc) is 0. The molecule has 0 amide bonds. The second-order valence-electron chi connectivity index (χ2n) is 0. The van der Waals surface area contributed by atoms with Gasteiger partial charge in [-0.15, -0.1) is 0 Å². The van der Waals surface area contributed by atoms with Crippen molar-refractivity contribution in [3.63, 3.8) is 0 Å². The molecule has 0 saturated heterocycles. The minimum absolute atomic E-state index is 0. The summed E-state index contributed by atoms with van der Waals surface area (Å²) < 4.78 is 0. The van der Waals surface area contributed by atoms with Crippen molar-refractivity contribution in [1.29, 1.82) is 0 Å². The van der Waals surface area contributed by atoms with Gasteiger partial charge in [0.15, 0.2) is 0 Å². The molecule has 0 atom stereocenters. The van der Waals surface area contributed by atoms with Gasteiger partial charge < -0.3 is 0 Å². The molecule has 0 heterocycles. The first-order valence-corrected chi connectivity index (χ1v) is 0. The second-order valence-corrected chi connectivity index (χ2v) is 0. The van der Waals surface area contributed by atoms with Crippen LogP contribution in [0.25, 0.3) is 0 Å². The fraction of sp³-hybridized carbons (Fsp3) is 0. The van der Waals surface area contributed by atoms with E-state index in [1.165, 1.54) is 0 Å². The third-order valence-electron chi connectivity index (χ3n) is 0. The molecule has 0 aliphatic heterocycles. The van der Waals surface area contributed by atoms with Gasteiger partial charge in [0, 0.05) is 207 Å². The monoisotopic (exact) mass is 783 g/mol. The van der Waals surface area contributed by atoms with Crippen molar-refractivity contribution in [1.82, 2.24) is 0 Å². The molecule has 19 valence electrons. The van der Waals surface area contributed by atoms with Crippen LogP contribution in [0.3, 0.4) is 0 Å². The molecule has 0 N–H and O–H groups in total. The van der Waals surface area contributed by atoms with Crippen LogP contribution in [0, 0.1) is 35.6 Å². The van der Waals surface area contributed by atoms with Gasteiger partial charge in [0.25, 0.3) is 0 Å². The normalized spacial score (nSPS) is 0. The van der Waals surface area contributed by atoms with Gasteiger partial charge in [0.05, 0.1) is 0 Å². The van der Waals surface area contributed by atoms with Crippen LogP contribution in [0.15, 0.2) is 0 Å². The van der Waals surface area contributed by atoms with Crippen molar-refractivity contribution in [2.45, 2.75) is 0 Å². The molecule has 0 aliphatic rings. The van der Waals surface area contributed by atoms with Crippen LogP contribution in [0.4, 0.5) is 0 Å². The molecule has 0 unspecified atom stereocenters. The minimum atomic E-state index is 0. The van der Waals surface area contributed by atoms with Gasteiger partial charge in [-0.25, -0.2) is 0 Å². The Morgan fingerprint density at radius 3 is 1.00 bits per heavy atom. The molecule has 0 aromatic heterocycles. The summed E-state index contributed by atoms with van der Waals surface area (Å²) in [5.41, 5.74) is 0. The average molecular weight is 781 g/mol. The first-order valence-electron chi connectivity index (χ1n) is 0. The Labute approximate surface area is 200 Å². The minimum Gasteiger partial charge on any atom is 0 e. The number of rotatable bonds is 0. The van der Waals surface area contributed by atoms with Gasteiger partial charge in [0.1, 0.15) is 0 Å². The first kappa shape index (κ1) is 38.5. The van der Waals surface area contributed by atoms with Crippen molar-refractivity contribution in [3.8, 4) is 0 Å². The van der Waals surface area contributed by atoms with E-state index in [0.717, 1.165) is 0 Å².